The van der Waals surface area contributed by atoms with Gasteiger partial charge < -0.3 is 9.84 Å². The lowest BCUT2D eigenvalue weighted by molar-refractivity contribution is 0.392. The van der Waals surface area contributed by atoms with Gasteiger partial charge in [-0.2, -0.15) is 8.42 Å². The van der Waals surface area contributed by atoms with Crippen LogP contribution in [-0.2, 0) is 16.6 Å². The van der Waals surface area contributed by atoms with Crippen LogP contribution in [0.2, 0.25) is 0 Å². The molecule has 0 aliphatic carbocycles. The summed E-state index contributed by atoms with van der Waals surface area (Å²) in [5.74, 6) is 1.25. The minimum Gasteiger partial charge on any atom is -0.367 e. The number of aryl methyl sites for hydroxylation is 2. The molecule has 6 nitrogen and oxygen atoms in total. The summed E-state index contributed by atoms with van der Waals surface area (Å²) in [7, 11) is -4.71. The summed E-state index contributed by atoms with van der Waals surface area (Å²) >= 11 is 0. The van der Waals surface area contributed by atoms with Crippen LogP contribution in [0.15, 0.2) is 27.7 Å². The van der Waals surface area contributed by atoms with E-state index in [0.29, 0.717) is 12.2 Å². The zero-order valence-corrected chi connectivity index (χ0v) is 12.7. The molecule has 2 aromatic heterocycles. The third-order valence-electron chi connectivity index (χ3n) is 3.10. The summed E-state index contributed by atoms with van der Waals surface area (Å²) in [6.07, 6.45) is 1.67. The lowest BCUT2D eigenvalue weighted by atomic mass is 10.1. The standard InChI is InChI=1S/C13H16FN3O3S/c1-8(6-12-9(2)17-20-10(12)3)16-13-5-4-11(7-15-13)21(14,18)19/h4-5,7-8H,6H2,1-3H3,(H,15,16). The highest BCUT2D eigenvalue weighted by Gasteiger charge is 2.15. The number of nitrogens with zero attached hydrogens (tertiary/aromatic N) is 2. The molecule has 114 valence electrons. The van der Waals surface area contributed by atoms with E-state index in [2.05, 4.69) is 15.5 Å². The van der Waals surface area contributed by atoms with Crippen molar-refractivity contribution >= 4 is 16.0 Å². The van der Waals surface area contributed by atoms with Crippen molar-refractivity contribution in [1.82, 2.24) is 10.1 Å². The largest absolute Gasteiger partial charge is 0.367 e. The first-order valence-electron chi connectivity index (χ1n) is 6.36. The van der Waals surface area contributed by atoms with Gasteiger partial charge in [-0.3, -0.25) is 0 Å². The first kappa shape index (κ1) is 15.4. The second-order valence-corrected chi connectivity index (χ2v) is 6.22. The highest BCUT2D eigenvalue weighted by atomic mass is 32.3. The van der Waals surface area contributed by atoms with Crippen LogP contribution in [0.1, 0.15) is 23.9 Å². The second kappa shape index (κ2) is 5.80. The fraction of sp³-hybridized carbons (Fsp3) is 0.385. The highest BCUT2D eigenvalue weighted by Crippen LogP contribution is 2.17. The molecule has 2 rings (SSSR count). The Hall–Kier alpha value is -1.96. The first-order valence-corrected chi connectivity index (χ1v) is 7.74. The van der Waals surface area contributed by atoms with Gasteiger partial charge in [-0.05, 0) is 39.3 Å². The van der Waals surface area contributed by atoms with Crippen molar-refractivity contribution < 1.29 is 16.8 Å². The molecule has 0 bridgehead atoms. The molecule has 0 saturated carbocycles. The van der Waals surface area contributed by atoms with Gasteiger partial charge in [-0.15, -0.1) is 3.89 Å². The number of hydrogen-bond donors (Lipinski definition) is 1. The maximum Gasteiger partial charge on any atom is 0.333 e. The Labute approximate surface area is 122 Å². The van der Waals surface area contributed by atoms with Crippen LogP contribution in [-0.4, -0.2) is 24.6 Å². The van der Waals surface area contributed by atoms with E-state index in [4.69, 9.17) is 4.52 Å². The van der Waals surface area contributed by atoms with Crippen molar-refractivity contribution in [2.24, 2.45) is 0 Å². The van der Waals surface area contributed by atoms with E-state index in [0.717, 1.165) is 23.2 Å². The SMILES string of the molecule is Cc1noc(C)c1CC(C)Nc1ccc(S(=O)(=O)F)cn1. The summed E-state index contributed by atoms with van der Waals surface area (Å²) < 4.78 is 39.3. The zero-order valence-electron chi connectivity index (χ0n) is 11.9. The molecule has 1 N–H and O–H groups in total. The third-order valence-corrected chi connectivity index (χ3v) is 3.91. The fourth-order valence-corrected chi connectivity index (χ4v) is 2.42. The molecule has 0 fully saturated rings. The Morgan fingerprint density at radius 2 is 2.10 bits per heavy atom. The van der Waals surface area contributed by atoms with E-state index in [1.165, 1.54) is 12.1 Å². The number of pyridine rings is 1. The average Bonchev–Trinajstić information content (AvgIpc) is 2.70. The minimum absolute atomic E-state index is 0.0298. The van der Waals surface area contributed by atoms with Crippen LogP contribution >= 0.6 is 0 Å². The van der Waals surface area contributed by atoms with Gasteiger partial charge in [-0.25, -0.2) is 4.98 Å². The first-order chi connectivity index (χ1) is 9.77. The van der Waals surface area contributed by atoms with E-state index in [1.807, 2.05) is 20.8 Å². The maximum atomic E-state index is 12.8. The molecule has 0 spiro atoms. The molecule has 2 heterocycles. The van der Waals surface area contributed by atoms with Gasteiger partial charge in [-0.1, -0.05) is 5.16 Å². The molecule has 8 heteroatoms. The zero-order chi connectivity index (χ0) is 15.6. The smallest absolute Gasteiger partial charge is 0.333 e. The van der Waals surface area contributed by atoms with E-state index in [-0.39, 0.29) is 6.04 Å². The number of anilines is 1. The van der Waals surface area contributed by atoms with Crippen LogP contribution in [0, 0.1) is 13.8 Å². The van der Waals surface area contributed by atoms with E-state index in [9.17, 15) is 12.3 Å². The van der Waals surface area contributed by atoms with Crippen molar-refractivity contribution in [3.05, 3.63) is 35.3 Å². The molecule has 21 heavy (non-hydrogen) atoms. The third kappa shape index (κ3) is 3.78. The van der Waals surface area contributed by atoms with Crippen molar-refractivity contribution in [2.45, 2.75) is 38.1 Å². The van der Waals surface area contributed by atoms with Crippen LogP contribution < -0.4 is 5.32 Å². The molecule has 0 radical (unpaired) electrons. The van der Waals surface area contributed by atoms with Gasteiger partial charge in [0.05, 0.1) is 11.9 Å². The van der Waals surface area contributed by atoms with Crippen molar-refractivity contribution in [1.29, 1.82) is 0 Å². The molecule has 1 atom stereocenters. The second-order valence-electron chi connectivity index (χ2n) is 4.87. The molecule has 0 amide bonds. The van der Waals surface area contributed by atoms with Crippen LogP contribution in [0.5, 0.6) is 0 Å². The quantitative estimate of drug-likeness (QED) is 0.853. The van der Waals surface area contributed by atoms with Gasteiger partial charge in [0.2, 0.25) is 0 Å². The molecular formula is C13H16FN3O3S. The Balaban J connectivity index is 2.05. The van der Waals surface area contributed by atoms with E-state index >= 15 is 0 Å². The fourth-order valence-electron chi connectivity index (χ4n) is 2.01. The molecule has 0 aliphatic rings. The number of nitrogens with one attached hydrogen (secondary N) is 1. The molecule has 1 unspecified atom stereocenters. The predicted octanol–water partition coefficient (Wildman–Crippen LogP) is 2.39. The predicted molar refractivity (Wildman–Crippen MR) is 75.3 cm³/mol. The molecular weight excluding hydrogens is 297 g/mol. The van der Waals surface area contributed by atoms with Gasteiger partial charge in [0.1, 0.15) is 16.5 Å². The highest BCUT2D eigenvalue weighted by molar-refractivity contribution is 7.86. The normalized spacial score (nSPS) is 13.1. The van der Waals surface area contributed by atoms with Crippen LogP contribution in [0.3, 0.4) is 0 Å². The monoisotopic (exact) mass is 313 g/mol. The number of aromatic nitrogens is 2. The molecule has 0 aliphatic heterocycles. The van der Waals surface area contributed by atoms with Crippen molar-refractivity contribution in [3.63, 3.8) is 0 Å². The van der Waals surface area contributed by atoms with Crippen LogP contribution in [0.4, 0.5) is 9.70 Å². The summed E-state index contributed by atoms with van der Waals surface area (Å²) in [6, 6.07) is 2.63. The van der Waals surface area contributed by atoms with Gasteiger partial charge >= 0.3 is 10.2 Å². The van der Waals surface area contributed by atoms with E-state index in [1.54, 1.807) is 0 Å². The summed E-state index contributed by atoms with van der Waals surface area (Å²) in [5.41, 5.74) is 1.87. The number of hydrogen-bond acceptors (Lipinski definition) is 6. The maximum absolute atomic E-state index is 12.8. The average molecular weight is 313 g/mol. The summed E-state index contributed by atoms with van der Waals surface area (Å²) in [5, 5.41) is 7.00. The van der Waals surface area contributed by atoms with Gasteiger partial charge in [0.25, 0.3) is 0 Å². The van der Waals surface area contributed by atoms with Crippen molar-refractivity contribution in [3.8, 4) is 0 Å². The lowest BCUT2D eigenvalue weighted by Gasteiger charge is -2.14. The van der Waals surface area contributed by atoms with Gasteiger partial charge in [0.15, 0.2) is 0 Å². The Kier molecular flexibility index (Phi) is 4.26. The number of rotatable bonds is 5. The molecule has 2 aromatic rings. The van der Waals surface area contributed by atoms with Gasteiger partial charge in [0, 0.05) is 11.6 Å². The van der Waals surface area contributed by atoms with Crippen LogP contribution in [0.25, 0.3) is 0 Å². The summed E-state index contributed by atoms with van der Waals surface area (Å²) in [4.78, 5) is 3.44. The minimum atomic E-state index is -4.71. The Morgan fingerprint density at radius 1 is 1.38 bits per heavy atom. The Morgan fingerprint density at radius 3 is 2.57 bits per heavy atom. The summed E-state index contributed by atoms with van der Waals surface area (Å²) in [6.45, 7) is 5.67. The topological polar surface area (TPSA) is 85.1 Å². The van der Waals surface area contributed by atoms with E-state index < -0.39 is 15.1 Å². The Bertz CT molecular complexity index is 706. The van der Waals surface area contributed by atoms with Crippen molar-refractivity contribution in [2.75, 3.05) is 5.32 Å². The molecule has 0 saturated heterocycles. The lowest BCUT2D eigenvalue weighted by Crippen LogP contribution is -2.19. The molecule has 0 aromatic carbocycles. The number of halogens is 1.